The van der Waals surface area contributed by atoms with Crippen LogP contribution in [-0.4, -0.2) is 37.6 Å². The van der Waals surface area contributed by atoms with Gasteiger partial charge in [-0.25, -0.2) is 0 Å². The average molecular weight is 262 g/mol. The molecule has 0 bridgehead atoms. The first-order valence-electron chi connectivity index (χ1n) is 6.03. The second-order valence-electron chi connectivity index (χ2n) is 4.32. The van der Waals surface area contributed by atoms with Gasteiger partial charge in [-0.3, -0.25) is 4.90 Å². The van der Waals surface area contributed by atoms with E-state index in [0.29, 0.717) is 10.6 Å². The number of halogens is 1. The molecule has 0 spiro atoms. The van der Waals surface area contributed by atoms with Crippen LogP contribution < -0.4 is 4.90 Å². The number of hydrogen-bond acceptors (Lipinski definition) is 3. The molecule has 0 aromatic heterocycles. The molecule has 2 rings (SSSR count). The number of piperazine rings is 1. The highest BCUT2D eigenvalue weighted by atomic mass is 35.5. The monoisotopic (exact) mass is 261 g/mol. The van der Waals surface area contributed by atoms with Crippen LogP contribution in [-0.2, 0) is 0 Å². The summed E-state index contributed by atoms with van der Waals surface area (Å²) in [6.45, 7) is 8.50. The van der Waals surface area contributed by atoms with Crippen molar-refractivity contribution in [3.8, 4) is 6.07 Å². The molecule has 18 heavy (non-hydrogen) atoms. The minimum Gasteiger partial charge on any atom is -0.368 e. The highest BCUT2D eigenvalue weighted by molar-refractivity contribution is 6.32. The predicted molar refractivity (Wildman–Crippen MR) is 75.0 cm³/mol. The van der Waals surface area contributed by atoms with Crippen molar-refractivity contribution in [2.45, 2.75) is 0 Å². The quantitative estimate of drug-likeness (QED) is 0.784. The molecule has 0 amide bonds. The van der Waals surface area contributed by atoms with Crippen LogP contribution in [0.3, 0.4) is 0 Å². The maximum atomic E-state index is 9.18. The molecular formula is C14H16ClN3. The first-order valence-corrected chi connectivity index (χ1v) is 6.41. The Balaban J connectivity index is 2.13. The number of anilines is 1. The van der Waals surface area contributed by atoms with E-state index in [1.165, 1.54) is 0 Å². The Hall–Kier alpha value is -1.50. The zero-order valence-corrected chi connectivity index (χ0v) is 11.0. The molecule has 1 aliphatic rings. The average Bonchev–Trinajstić information content (AvgIpc) is 2.40. The van der Waals surface area contributed by atoms with Crippen LogP contribution in [0.1, 0.15) is 5.56 Å². The van der Waals surface area contributed by atoms with Crippen LogP contribution in [0.4, 0.5) is 5.69 Å². The van der Waals surface area contributed by atoms with Gasteiger partial charge in [0, 0.05) is 32.7 Å². The molecule has 0 aliphatic carbocycles. The third kappa shape index (κ3) is 2.66. The molecule has 0 N–H and O–H groups in total. The standard InChI is InChI=1S/C14H16ClN3/c1-2-6-17-7-9-18(10-8-17)14-5-3-4-13(15)12(14)11-16/h2-5H,1,6-10H2. The molecule has 0 radical (unpaired) electrons. The molecule has 1 heterocycles. The Labute approximate surface area is 113 Å². The van der Waals surface area contributed by atoms with Crippen LogP contribution in [0.25, 0.3) is 0 Å². The third-order valence-corrected chi connectivity index (χ3v) is 3.52. The second-order valence-corrected chi connectivity index (χ2v) is 4.73. The predicted octanol–water partition coefficient (Wildman–Crippen LogP) is 2.52. The van der Waals surface area contributed by atoms with Gasteiger partial charge in [-0.05, 0) is 12.1 Å². The highest BCUT2D eigenvalue weighted by Gasteiger charge is 2.19. The van der Waals surface area contributed by atoms with Gasteiger partial charge in [0.15, 0.2) is 0 Å². The van der Waals surface area contributed by atoms with E-state index in [2.05, 4.69) is 22.4 Å². The lowest BCUT2D eigenvalue weighted by Gasteiger charge is -2.36. The lowest BCUT2D eigenvalue weighted by molar-refractivity contribution is 0.284. The van der Waals surface area contributed by atoms with Crippen molar-refractivity contribution in [1.82, 2.24) is 4.90 Å². The SMILES string of the molecule is C=CCN1CCN(c2cccc(Cl)c2C#N)CC1. The molecule has 1 saturated heterocycles. The normalized spacial score (nSPS) is 16.3. The number of hydrogen-bond donors (Lipinski definition) is 0. The van der Waals surface area contributed by atoms with Gasteiger partial charge in [-0.15, -0.1) is 6.58 Å². The maximum Gasteiger partial charge on any atom is 0.103 e. The molecule has 0 atom stereocenters. The lowest BCUT2D eigenvalue weighted by Crippen LogP contribution is -2.46. The van der Waals surface area contributed by atoms with E-state index < -0.39 is 0 Å². The minimum atomic E-state index is 0.531. The summed E-state index contributed by atoms with van der Waals surface area (Å²) in [7, 11) is 0. The zero-order valence-electron chi connectivity index (χ0n) is 10.3. The molecule has 1 fully saturated rings. The molecule has 0 unspecified atom stereocenters. The van der Waals surface area contributed by atoms with Crippen molar-refractivity contribution in [3.05, 3.63) is 41.4 Å². The first kappa shape index (κ1) is 12.9. The van der Waals surface area contributed by atoms with Gasteiger partial charge in [0.1, 0.15) is 6.07 Å². The fourth-order valence-electron chi connectivity index (χ4n) is 2.24. The van der Waals surface area contributed by atoms with Crippen LogP contribution >= 0.6 is 11.6 Å². The van der Waals surface area contributed by atoms with Crippen molar-refractivity contribution in [2.75, 3.05) is 37.6 Å². The van der Waals surface area contributed by atoms with Gasteiger partial charge in [0.25, 0.3) is 0 Å². The Morgan fingerprint density at radius 3 is 2.67 bits per heavy atom. The van der Waals surface area contributed by atoms with Gasteiger partial charge >= 0.3 is 0 Å². The largest absolute Gasteiger partial charge is 0.368 e. The van der Waals surface area contributed by atoms with E-state index >= 15 is 0 Å². The summed E-state index contributed by atoms with van der Waals surface area (Å²) in [5.74, 6) is 0. The first-order chi connectivity index (χ1) is 8.76. The molecule has 4 heteroatoms. The van der Waals surface area contributed by atoms with Crippen molar-refractivity contribution in [1.29, 1.82) is 5.26 Å². The van der Waals surface area contributed by atoms with Gasteiger partial charge in [0.05, 0.1) is 16.3 Å². The van der Waals surface area contributed by atoms with E-state index in [0.717, 1.165) is 38.4 Å². The molecule has 1 aromatic carbocycles. The fourth-order valence-corrected chi connectivity index (χ4v) is 2.45. The molecule has 3 nitrogen and oxygen atoms in total. The number of rotatable bonds is 3. The van der Waals surface area contributed by atoms with Crippen molar-refractivity contribution in [2.24, 2.45) is 0 Å². The third-order valence-electron chi connectivity index (χ3n) is 3.20. The van der Waals surface area contributed by atoms with E-state index in [-0.39, 0.29) is 0 Å². The number of nitrogens with zero attached hydrogens (tertiary/aromatic N) is 3. The Morgan fingerprint density at radius 2 is 2.06 bits per heavy atom. The molecule has 1 aromatic rings. The smallest absolute Gasteiger partial charge is 0.103 e. The van der Waals surface area contributed by atoms with Gasteiger partial charge < -0.3 is 4.90 Å². The Bertz CT molecular complexity index is 470. The zero-order chi connectivity index (χ0) is 13.0. The number of benzene rings is 1. The fraction of sp³-hybridized carbons (Fsp3) is 0.357. The molecule has 94 valence electrons. The van der Waals surface area contributed by atoms with Crippen LogP contribution in [0, 0.1) is 11.3 Å². The summed E-state index contributed by atoms with van der Waals surface area (Å²) in [6.07, 6.45) is 1.93. The molecular weight excluding hydrogens is 246 g/mol. The van der Waals surface area contributed by atoms with E-state index in [4.69, 9.17) is 11.6 Å². The van der Waals surface area contributed by atoms with Crippen LogP contribution in [0.5, 0.6) is 0 Å². The molecule has 1 aliphatic heterocycles. The van der Waals surface area contributed by atoms with E-state index in [9.17, 15) is 5.26 Å². The van der Waals surface area contributed by atoms with Crippen molar-refractivity contribution in [3.63, 3.8) is 0 Å². The number of nitriles is 1. The molecule has 0 saturated carbocycles. The van der Waals surface area contributed by atoms with Gasteiger partial charge in [-0.2, -0.15) is 5.26 Å². The summed E-state index contributed by atoms with van der Waals surface area (Å²) >= 11 is 6.05. The van der Waals surface area contributed by atoms with Gasteiger partial charge in [0.2, 0.25) is 0 Å². The highest BCUT2D eigenvalue weighted by Crippen LogP contribution is 2.27. The van der Waals surface area contributed by atoms with E-state index in [1.807, 2.05) is 18.2 Å². The summed E-state index contributed by atoms with van der Waals surface area (Å²) < 4.78 is 0. The summed E-state index contributed by atoms with van der Waals surface area (Å²) in [5.41, 5.74) is 1.53. The van der Waals surface area contributed by atoms with Gasteiger partial charge in [-0.1, -0.05) is 23.7 Å². The van der Waals surface area contributed by atoms with Crippen molar-refractivity contribution >= 4 is 17.3 Å². The van der Waals surface area contributed by atoms with Crippen LogP contribution in [0.15, 0.2) is 30.9 Å². The summed E-state index contributed by atoms with van der Waals surface area (Å²) in [5, 5.41) is 9.71. The van der Waals surface area contributed by atoms with E-state index in [1.54, 1.807) is 6.07 Å². The second kappa shape index (κ2) is 5.90. The maximum absolute atomic E-state index is 9.18. The topological polar surface area (TPSA) is 30.3 Å². The summed E-state index contributed by atoms with van der Waals surface area (Å²) in [6, 6.07) is 7.82. The Morgan fingerprint density at radius 1 is 1.33 bits per heavy atom. The Kier molecular flexibility index (Phi) is 4.24. The van der Waals surface area contributed by atoms with Crippen LogP contribution in [0.2, 0.25) is 5.02 Å². The summed E-state index contributed by atoms with van der Waals surface area (Å²) in [4.78, 5) is 4.57. The lowest BCUT2D eigenvalue weighted by atomic mass is 10.1. The van der Waals surface area contributed by atoms with Crippen molar-refractivity contribution < 1.29 is 0 Å². The minimum absolute atomic E-state index is 0.531.